The zero-order chi connectivity index (χ0) is 22.9. The van der Waals surface area contributed by atoms with Gasteiger partial charge in [-0.1, -0.05) is 53.7 Å². The van der Waals surface area contributed by atoms with Gasteiger partial charge in [-0.15, -0.1) is 0 Å². The molecule has 160 valence electrons. The van der Waals surface area contributed by atoms with E-state index in [2.05, 4.69) is 10.5 Å². The third-order valence-corrected chi connectivity index (χ3v) is 4.17. The van der Waals surface area contributed by atoms with Crippen molar-refractivity contribution in [2.75, 3.05) is 5.32 Å². The van der Waals surface area contributed by atoms with Crippen molar-refractivity contribution in [3.05, 3.63) is 101 Å². The second-order valence-corrected chi connectivity index (χ2v) is 6.39. The predicted octanol–water partition coefficient (Wildman–Crippen LogP) is 4.37. The Morgan fingerprint density at radius 2 is 1.59 bits per heavy atom. The van der Waals surface area contributed by atoms with E-state index in [4.69, 9.17) is 4.84 Å². The molecule has 0 aromatic heterocycles. The summed E-state index contributed by atoms with van der Waals surface area (Å²) in [5.74, 6) is -3.35. The number of nitriles is 1. The number of nitrogens with one attached hydrogen (secondary N) is 2. The van der Waals surface area contributed by atoms with Gasteiger partial charge in [0.05, 0.1) is 0 Å². The highest BCUT2D eigenvalue weighted by Gasteiger charge is 2.19. The van der Waals surface area contributed by atoms with Gasteiger partial charge in [0.25, 0.3) is 5.91 Å². The third kappa shape index (κ3) is 5.73. The van der Waals surface area contributed by atoms with E-state index in [0.29, 0.717) is 16.8 Å². The average Bonchev–Trinajstić information content (AvgIpc) is 2.78. The minimum atomic E-state index is -1.20. The molecule has 0 saturated heterocycles. The van der Waals surface area contributed by atoms with Gasteiger partial charge >= 0.3 is 6.03 Å². The van der Waals surface area contributed by atoms with Crippen molar-refractivity contribution in [1.82, 2.24) is 5.32 Å². The Bertz CT molecular complexity index is 1170. The van der Waals surface area contributed by atoms with E-state index >= 15 is 0 Å². The number of hydrogen-bond donors (Lipinski definition) is 2. The number of carbonyl (C=O) groups excluding carboxylic acids is 2. The van der Waals surface area contributed by atoms with E-state index in [1.54, 1.807) is 48.5 Å². The Morgan fingerprint density at radius 1 is 0.938 bits per heavy atom. The van der Waals surface area contributed by atoms with Gasteiger partial charge in [0.15, 0.2) is 5.71 Å². The Labute approximate surface area is 181 Å². The highest BCUT2D eigenvalue weighted by Crippen LogP contribution is 2.13. The van der Waals surface area contributed by atoms with Gasteiger partial charge in [0, 0.05) is 11.3 Å². The van der Waals surface area contributed by atoms with E-state index in [9.17, 15) is 23.6 Å². The second kappa shape index (κ2) is 10.4. The molecule has 3 rings (SSSR count). The van der Waals surface area contributed by atoms with Crippen LogP contribution in [0.25, 0.3) is 0 Å². The fourth-order valence-corrected chi connectivity index (χ4v) is 2.63. The number of halogens is 2. The van der Waals surface area contributed by atoms with Crippen LogP contribution < -0.4 is 10.6 Å². The average molecular weight is 434 g/mol. The van der Waals surface area contributed by atoms with Crippen molar-refractivity contribution in [1.29, 1.82) is 5.26 Å². The summed E-state index contributed by atoms with van der Waals surface area (Å²) < 4.78 is 27.2. The Morgan fingerprint density at radius 3 is 2.22 bits per heavy atom. The molecule has 0 radical (unpaired) electrons. The fraction of sp³-hybridized carbons (Fsp3) is 0.0435. The van der Waals surface area contributed by atoms with Crippen LogP contribution in [0.1, 0.15) is 21.5 Å². The molecule has 32 heavy (non-hydrogen) atoms. The summed E-state index contributed by atoms with van der Waals surface area (Å²) in [6.45, 7) is 0.0789. The summed E-state index contributed by atoms with van der Waals surface area (Å²) in [6, 6.07) is 19.2. The lowest BCUT2D eigenvalue weighted by molar-refractivity contribution is 0.0959. The number of oxime groups is 1. The second-order valence-electron chi connectivity index (χ2n) is 6.39. The smallest absolute Gasteiger partial charge is 0.326 e. The number of hydrogen-bond acceptors (Lipinski definition) is 5. The zero-order valence-corrected chi connectivity index (χ0v) is 16.5. The van der Waals surface area contributed by atoms with Crippen molar-refractivity contribution >= 4 is 23.3 Å². The highest BCUT2D eigenvalue weighted by molar-refractivity contribution is 6.11. The van der Waals surface area contributed by atoms with E-state index in [1.807, 2.05) is 17.5 Å². The third-order valence-electron chi connectivity index (χ3n) is 4.17. The van der Waals surface area contributed by atoms with Crippen LogP contribution in [0.5, 0.6) is 0 Å². The fourth-order valence-electron chi connectivity index (χ4n) is 2.63. The summed E-state index contributed by atoms with van der Waals surface area (Å²) >= 11 is 0. The normalized spacial score (nSPS) is 10.7. The van der Waals surface area contributed by atoms with E-state index in [1.165, 1.54) is 0 Å². The van der Waals surface area contributed by atoms with Crippen LogP contribution in [0.3, 0.4) is 0 Å². The molecule has 9 heteroatoms. The topological polar surface area (TPSA) is 104 Å². The summed E-state index contributed by atoms with van der Waals surface area (Å²) in [5.41, 5.74) is 0.956. The SMILES string of the molecule is N#C/C(=N/OCc1ccc(NC(=O)NC(=O)c2c(F)cccc2F)cc1)c1ccccc1. The highest BCUT2D eigenvalue weighted by atomic mass is 19.1. The first-order valence-electron chi connectivity index (χ1n) is 9.28. The summed E-state index contributed by atoms with van der Waals surface area (Å²) in [5, 5.41) is 17.3. The number of amides is 3. The standard InChI is InChI=1S/C23H16F2N4O3/c24-18-7-4-8-19(25)21(18)22(30)28-23(31)27-17-11-9-15(10-12-17)14-32-29-20(13-26)16-5-2-1-3-6-16/h1-12H,14H2,(H2,27,28,30,31)/b29-20-. The molecule has 0 spiro atoms. The number of nitrogens with zero attached hydrogens (tertiary/aromatic N) is 2. The van der Waals surface area contributed by atoms with E-state index in [0.717, 1.165) is 18.2 Å². The Kier molecular flexibility index (Phi) is 7.22. The Hall–Kier alpha value is -4.58. The van der Waals surface area contributed by atoms with Gasteiger partial charge in [-0.3, -0.25) is 10.1 Å². The maximum Gasteiger partial charge on any atom is 0.326 e. The lowest BCUT2D eigenvalue weighted by Crippen LogP contribution is -2.35. The quantitative estimate of drug-likeness (QED) is 0.444. The number of imide groups is 1. The molecule has 0 atom stereocenters. The molecule has 0 aliphatic heterocycles. The van der Waals surface area contributed by atoms with E-state index in [-0.39, 0.29) is 12.3 Å². The largest absolute Gasteiger partial charge is 0.390 e. The van der Waals surface area contributed by atoms with Crippen LogP contribution in [-0.4, -0.2) is 17.6 Å². The summed E-state index contributed by atoms with van der Waals surface area (Å²) in [6.07, 6.45) is 0. The van der Waals surface area contributed by atoms with Crippen molar-refractivity contribution in [3.8, 4) is 6.07 Å². The van der Waals surface area contributed by atoms with Gasteiger partial charge < -0.3 is 10.2 Å². The van der Waals surface area contributed by atoms with Gasteiger partial charge in [-0.2, -0.15) is 5.26 Å². The minimum Gasteiger partial charge on any atom is -0.390 e. The summed E-state index contributed by atoms with van der Waals surface area (Å²) in [4.78, 5) is 29.1. The van der Waals surface area contributed by atoms with E-state index < -0.39 is 29.1 Å². The molecular weight excluding hydrogens is 418 g/mol. The molecular formula is C23H16F2N4O3. The molecule has 0 unspecified atom stereocenters. The molecule has 7 nitrogen and oxygen atoms in total. The van der Waals surface area contributed by atoms with Gasteiger partial charge in [-0.05, 0) is 29.8 Å². The molecule has 0 heterocycles. The Balaban J connectivity index is 1.54. The van der Waals surface area contributed by atoms with Crippen molar-refractivity contribution in [2.24, 2.45) is 5.16 Å². The predicted molar refractivity (Wildman–Crippen MR) is 113 cm³/mol. The van der Waals surface area contributed by atoms with Crippen molar-refractivity contribution in [2.45, 2.75) is 6.61 Å². The number of anilines is 1. The van der Waals surface area contributed by atoms with Crippen molar-refractivity contribution in [3.63, 3.8) is 0 Å². The molecule has 3 aromatic carbocycles. The lowest BCUT2D eigenvalue weighted by Gasteiger charge is -2.08. The van der Waals surface area contributed by atoms with Gasteiger partial charge in [0.1, 0.15) is 29.9 Å². The first-order chi connectivity index (χ1) is 15.5. The lowest BCUT2D eigenvalue weighted by atomic mass is 10.1. The molecule has 0 fully saturated rings. The number of carbonyl (C=O) groups is 2. The van der Waals surface area contributed by atoms with Crippen molar-refractivity contribution < 1.29 is 23.2 Å². The number of urea groups is 1. The molecule has 0 aliphatic carbocycles. The molecule has 0 saturated carbocycles. The molecule has 0 aliphatic rings. The van der Waals surface area contributed by atoms with Crippen LogP contribution in [-0.2, 0) is 11.4 Å². The van der Waals surface area contributed by atoms with Crippen LogP contribution in [0.4, 0.5) is 19.3 Å². The maximum atomic E-state index is 13.6. The molecule has 3 aromatic rings. The molecule has 0 bridgehead atoms. The van der Waals surface area contributed by atoms with Crippen LogP contribution in [0.15, 0.2) is 78.0 Å². The minimum absolute atomic E-state index is 0.0789. The monoisotopic (exact) mass is 434 g/mol. The van der Waals surface area contributed by atoms with Crippen LogP contribution in [0, 0.1) is 23.0 Å². The van der Waals surface area contributed by atoms with Gasteiger partial charge in [0.2, 0.25) is 0 Å². The van der Waals surface area contributed by atoms with Gasteiger partial charge in [-0.25, -0.2) is 13.6 Å². The maximum absolute atomic E-state index is 13.6. The first-order valence-corrected chi connectivity index (χ1v) is 9.28. The molecule has 3 amide bonds. The number of rotatable bonds is 6. The summed E-state index contributed by atoms with van der Waals surface area (Å²) in [7, 11) is 0. The van der Waals surface area contributed by atoms with Crippen LogP contribution in [0.2, 0.25) is 0 Å². The number of benzene rings is 3. The first kappa shape index (κ1) is 22.1. The molecule has 2 N–H and O–H groups in total. The van der Waals surface area contributed by atoms with Crippen LogP contribution >= 0.6 is 0 Å². The zero-order valence-electron chi connectivity index (χ0n) is 16.5.